The fraction of sp³-hybridized carbons (Fsp3) is 0.250. The number of carbonyl (C=O) groups excluding carboxylic acids is 1. The highest BCUT2D eigenvalue weighted by atomic mass is 32.2. The molecule has 5 N–H and O–H groups in total. The first kappa shape index (κ1) is 21.1. The van der Waals surface area contributed by atoms with Gasteiger partial charge in [-0.15, -0.1) is 10.2 Å². The third-order valence-corrected chi connectivity index (χ3v) is 4.90. The third-order valence-electron chi connectivity index (χ3n) is 4.00. The molecule has 1 heterocycles. The van der Waals surface area contributed by atoms with E-state index in [1.54, 1.807) is 14.0 Å². The summed E-state index contributed by atoms with van der Waals surface area (Å²) < 4.78 is 33.4. The molecule has 11 nitrogen and oxygen atoms in total. The second-order valence-corrected chi connectivity index (χ2v) is 7.08. The van der Waals surface area contributed by atoms with E-state index < -0.39 is 32.4 Å². The molecule has 1 aromatic heterocycles. The van der Waals surface area contributed by atoms with E-state index in [9.17, 15) is 27.7 Å². The number of benzene rings is 1. The van der Waals surface area contributed by atoms with E-state index in [1.165, 1.54) is 19.1 Å². The van der Waals surface area contributed by atoms with Crippen LogP contribution in [0.3, 0.4) is 0 Å². The van der Waals surface area contributed by atoms with Gasteiger partial charge in [0.05, 0.1) is 0 Å². The molecule has 0 saturated heterocycles. The molecule has 0 aliphatic heterocycles. The highest BCUT2D eigenvalue weighted by Gasteiger charge is 2.22. The van der Waals surface area contributed by atoms with Crippen molar-refractivity contribution in [3.8, 4) is 5.88 Å². The van der Waals surface area contributed by atoms with Crippen molar-refractivity contribution in [3.63, 3.8) is 0 Å². The Morgan fingerprint density at radius 1 is 1.32 bits per heavy atom. The number of anilines is 1. The van der Waals surface area contributed by atoms with Crippen LogP contribution in [0, 0.1) is 6.92 Å². The molecule has 0 fully saturated rings. The van der Waals surface area contributed by atoms with Gasteiger partial charge in [0.1, 0.15) is 16.1 Å². The Bertz CT molecular complexity index is 1140. The zero-order chi connectivity index (χ0) is 21.2. The van der Waals surface area contributed by atoms with Gasteiger partial charge in [-0.3, -0.25) is 18.7 Å². The van der Waals surface area contributed by atoms with Gasteiger partial charge < -0.3 is 16.2 Å². The second kappa shape index (κ2) is 7.78. The summed E-state index contributed by atoms with van der Waals surface area (Å²) in [5.74, 6) is -1.56. The minimum absolute atomic E-state index is 0.0124. The molecule has 0 bridgehead atoms. The van der Waals surface area contributed by atoms with Gasteiger partial charge in [-0.05, 0) is 32.0 Å². The first-order chi connectivity index (χ1) is 13.0. The molecule has 2 aromatic rings. The van der Waals surface area contributed by atoms with Crippen molar-refractivity contribution in [3.05, 3.63) is 39.7 Å². The van der Waals surface area contributed by atoms with Crippen LogP contribution >= 0.6 is 0 Å². The van der Waals surface area contributed by atoms with Crippen LogP contribution in [0.4, 0.5) is 17.1 Å². The van der Waals surface area contributed by atoms with Gasteiger partial charge >= 0.3 is 0 Å². The van der Waals surface area contributed by atoms with Crippen LogP contribution in [-0.2, 0) is 16.7 Å². The normalized spacial score (nSPS) is 11.7. The molecule has 0 atom stereocenters. The lowest BCUT2D eigenvalue weighted by molar-refractivity contribution is 0.0995. The number of azo groups is 1. The number of aromatic nitrogens is 1. The van der Waals surface area contributed by atoms with E-state index in [0.29, 0.717) is 5.69 Å². The van der Waals surface area contributed by atoms with E-state index in [4.69, 9.17) is 5.73 Å². The number of pyridine rings is 1. The van der Waals surface area contributed by atoms with Gasteiger partial charge in [0.15, 0.2) is 5.69 Å². The van der Waals surface area contributed by atoms with Crippen molar-refractivity contribution >= 4 is 33.1 Å². The number of nitrogens with two attached hydrogens (primary N) is 1. The van der Waals surface area contributed by atoms with Crippen LogP contribution in [0.1, 0.15) is 22.8 Å². The van der Waals surface area contributed by atoms with Crippen LogP contribution in [0.5, 0.6) is 5.88 Å². The summed E-state index contributed by atoms with van der Waals surface area (Å²) >= 11 is 0. The average molecular weight is 409 g/mol. The van der Waals surface area contributed by atoms with Crippen molar-refractivity contribution in [2.45, 2.75) is 25.3 Å². The fourth-order valence-corrected chi connectivity index (χ4v) is 3.19. The van der Waals surface area contributed by atoms with Crippen LogP contribution in [0.25, 0.3) is 0 Å². The molecule has 0 unspecified atom stereocenters. The number of hydrogen-bond acceptors (Lipinski definition) is 8. The number of aromatic hydroxyl groups is 1. The molecule has 0 spiro atoms. The number of rotatable bonds is 6. The molecular weight excluding hydrogens is 390 g/mol. The Labute approximate surface area is 160 Å². The van der Waals surface area contributed by atoms with Crippen LogP contribution in [0.15, 0.2) is 38.1 Å². The molecule has 2 rings (SSSR count). The standard InChI is InChI=1S/C16H19N5O6S/c1-4-21-15(23)12(14(17)22)8(2)13(16(21)24)20-19-10-7-9(18-3)5-6-11(10)28(25,26)27/h5-7,18,23H,4H2,1-3H3,(H2,17,22)(H,25,26,27). The zero-order valence-electron chi connectivity index (χ0n) is 15.3. The summed E-state index contributed by atoms with van der Waals surface area (Å²) in [7, 11) is -3.01. The van der Waals surface area contributed by atoms with Crippen LogP contribution in [-0.4, -0.2) is 35.6 Å². The van der Waals surface area contributed by atoms with Crippen molar-refractivity contribution in [1.82, 2.24) is 4.57 Å². The average Bonchev–Trinajstić information content (AvgIpc) is 2.60. The number of primary amides is 1. The topological polar surface area (TPSA) is 176 Å². The van der Waals surface area contributed by atoms with Gasteiger partial charge in [0.2, 0.25) is 5.88 Å². The molecular formula is C16H19N5O6S. The quantitative estimate of drug-likeness (QED) is 0.414. The van der Waals surface area contributed by atoms with Crippen LogP contribution in [0.2, 0.25) is 0 Å². The molecule has 1 amide bonds. The maximum Gasteiger partial charge on any atom is 0.296 e. The van der Waals surface area contributed by atoms with Crippen molar-refractivity contribution in [1.29, 1.82) is 0 Å². The maximum absolute atomic E-state index is 12.6. The highest BCUT2D eigenvalue weighted by Crippen LogP contribution is 2.31. The summed E-state index contributed by atoms with van der Waals surface area (Å²) in [5.41, 5.74) is 4.17. The molecule has 150 valence electrons. The lowest BCUT2D eigenvalue weighted by atomic mass is 10.1. The molecule has 0 aliphatic carbocycles. The van der Waals surface area contributed by atoms with Gasteiger partial charge in [0.25, 0.3) is 21.6 Å². The number of hydrogen-bond donors (Lipinski definition) is 4. The SMILES string of the molecule is CCn1c(O)c(C(N)=O)c(C)c(N=Nc2cc(NC)ccc2S(=O)(=O)O)c1=O. The smallest absolute Gasteiger partial charge is 0.296 e. The van der Waals surface area contributed by atoms with E-state index in [2.05, 4.69) is 15.5 Å². The van der Waals surface area contributed by atoms with E-state index in [1.807, 2.05) is 0 Å². The minimum atomic E-state index is -4.60. The van der Waals surface area contributed by atoms with Gasteiger partial charge in [-0.1, -0.05) is 0 Å². The predicted octanol–water partition coefficient (Wildman–Crippen LogP) is 1.68. The van der Waals surface area contributed by atoms with Gasteiger partial charge in [-0.25, -0.2) is 0 Å². The zero-order valence-corrected chi connectivity index (χ0v) is 16.1. The molecule has 12 heteroatoms. The third kappa shape index (κ3) is 3.87. The Kier molecular flexibility index (Phi) is 5.85. The van der Waals surface area contributed by atoms with Gasteiger partial charge in [0, 0.05) is 24.8 Å². The number of nitrogens with zero attached hydrogens (tertiary/aromatic N) is 3. The van der Waals surface area contributed by atoms with E-state index >= 15 is 0 Å². The summed E-state index contributed by atoms with van der Waals surface area (Å²) in [6.07, 6.45) is 0. The van der Waals surface area contributed by atoms with Crippen molar-refractivity contribution in [2.24, 2.45) is 16.0 Å². The Hall–Kier alpha value is -3.25. The molecule has 0 saturated carbocycles. The summed E-state index contributed by atoms with van der Waals surface area (Å²) in [6.45, 7) is 2.94. The lowest BCUT2D eigenvalue weighted by Gasteiger charge is -2.13. The van der Waals surface area contributed by atoms with Gasteiger partial charge in [-0.2, -0.15) is 8.42 Å². The summed E-state index contributed by atoms with van der Waals surface area (Å²) in [4.78, 5) is 23.7. The monoisotopic (exact) mass is 409 g/mol. The second-order valence-electron chi connectivity index (χ2n) is 5.69. The van der Waals surface area contributed by atoms with Crippen molar-refractivity contribution < 1.29 is 22.9 Å². The lowest BCUT2D eigenvalue weighted by Crippen LogP contribution is -2.25. The maximum atomic E-state index is 12.6. The summed E-state index contributed by atoms with van der Waals surface area (Å²) in [5, 5.41) is 20.5. The first-order valence-corrected chi connectivity index (χ1v) is 9.44. The van der Waals surface area contributed by atoms with Crippen LogP contribution < -0.4 is 16.6 Å². The van der Waals surface area contributed by atoms with E-state index in [-0.39, 0.29) is 29.0 Å². The largest absolute Gasteiger partial charge is 0.494 e. The summed E-state index contributed by atoms with van der Waals surface area (Å²) in [6, 6.07) is 3.83. The minimum Gasteiger partial charge on any atom is -0.494 e. The Morgan fingerprint density at radius 2 is 1.96 bits per heavy atom. The molecule has 1 aromatic carbocycles. The number of amides is 1. The molecule has 0 radical (unpaired) electrons. The first-order valence-electron chi connectivity index (χ1n) is 8.00. The predicted molar refractivity (Wildman–Crippen MR) is 101 cm³/mol. The fourth-order valence-electron chi connectivity index (χ4n) is 2.58. The molecule has 28 heavy (non-hydrogen) atoms. The Morgan fingerprint density at radius 3 is 2.46 bits per heavy atom. The molecule has 0 aliphatic rings. The number of nitrogens with one attached hydrogen (secondary N) is 1. The highest BCUT2D eigenvalue weighted by molar-refractivity contribution is 7.86. The van der Waals surface area contributed by atoms with E-state index in [0.717, 1.165) is 10.6 Å². The number of carbonyl (C=O) groups is 1. The van der Waals surface area contributed by atoms with Crippen molar-refractivity contribution in [2.75, 3.05) is 12.4 Å². The Balaban J connectivity index is 2.77.